The molecule has 108 valence electrons. The normalized spacial score (nSPS) is 27.5. The molecule has 0 spiro atoms. The molecule has 2 atom stereocenters. The van der Waals surface area contributed by atoms with Gasteiger partial charge < -0.3 is 10.6 Å². The van der Waals surface area contributed by atoms with Gasteiger partial charge in [-0.15, -0.1) is 0 Å². The highest BCUT2D eigenvalue weighted by molar-refractivity contribution is 5.97. The van der Waals surface area contributed by atoms with E-state index >= 15 is 0 Å². The van der Waals surface area contributed by atoms with E-state index in [1.807, 2.05) is 29.2 Å². The maximum absolute atomic E-state index is 12.8. The van der Waals surface area contributed by atoms with Crippen molar-refractivity contribution in [1.82, 2.24) is 0 Å². The number of amides is 1. The van der Waals surface area contributed by atoms with Gasteiger partial charge >= 0.3 is 0 Å². The van der Waals surface area contributed by atoms with Crippen molar-refractivity contribution >= 4 is 11.6 Å². The molecule has 1 amide bonds. The number of nitrogens with two attached hydrogens (primary N) is 1. The molecule has 0 saturated heterocycles. The molecule has 2 aliphatic rings. The molecule has 2 saturated carbocycles. The zero-order valence-electron chi connectivity index (χ0n) is 12.4. The van der Waals surface area contributed by atoms with Crippen molar-refractivity contribution in [2.75, 3.05) is 4.90 Å². The molecule has 0 aliphatic heterocycles. The smallest absolute Gasteiger partial charge is 0.230 e. The highest BCUT2D eigenvalue weighted by atomic mass is 16.2. The average Bonchev–Trinajstić information content (AvgIpc) is 2.92. The van der Waals surface area contributed by atoms with Crippen LogP contribution in [0.1, 0.15) is 38.7 Å². The zero-order valence-corrected chi connectivity index (χ0v) is 12.4. The maximum Gasteiger partial charge on any atom is 0.230 e. The highest BCUT2D eigenvalue weighted by Crippen LogP contribution is 2.58. The summed E-state index contributed by atoms with van der Waals surface area (Å²) in [7, 11) is 0. The number of benzene rings is 1. The molecule has 3 nitrogen and oxygen atoms in total. The Bertz CT molecular complexity index is 484. The van der Waals surface area contributed by atoms with Crippen LogP contribution in [0.4, 0.5) is 5.69 Å². The van der Waals surface area contributed by atoms with Crippen molar-refractivity contribution in [3.8, 4) is 0 Å². The van der Waals surface area contributed by atoms with E-state index in [4.69, 9.17) is 5.73 Å². The summed E-state index contributed by atoms with van der Waals surface area (Å²) in [5.41, 5.74) is 7.75. The van der Waals surface area contributed by atoms with E-state index in [1.165, 1.54) is 19.3 Å². The van der Waals surface area contributed by atoms with E-state index in [0.29, 0.717) is 30.2 Å². The Kier molecular flexibility index (Phi) is 3.55. The third-order valence-electron chi connectivity index (χ3n) is 4.90. The molecule has 0 radical (unpaired) electrons. The first-order chi connectivity index (χ1) is 9.63. The monoisotopic (exact) mass is 272 g/mol. The quantitative estimate of drug-likeness (QED) is 0.916. The van der Waals surface area contributed by atoms with Gasteiger partial charge in [-0.05, 0) is 56.2 Å². The predicted molar refractivity (Wildman–Crippen MR) is 81.3 cm³/mol. The predicted octanol–water partition coefficient (Wildman–Crippen LogP) is 2.93. The van der Waals surface area contributed by atoms with Gasteiger partial charge in [-0.1, -0.05) is 18.6 Å². The van der Waals surface area contributed by atoms with Gasteiger partial charge in [0.1, 0.15) is 0 Å². The van der Waals surface area contributed by atoms with Crippen LogP contribution in [-0.2, 0) is 11.3 Å². The number of rotatable bonds is 4. The van der Waals surface area contributed by atoms with Crippen LogP contribution >= 0.6 is 0 Å². The van der Waals surface area contributed by atoms with Crippen molar-refractivity contribution in [2.45, 2.75) is 45.7 Å². The van der Waals surface area contributed by atoms with E-state index < -0.39 is 0 Å². The van der Waals surface area contributed by atoms with Crippen LogP contribution in [0.2, 0.25) is 0 Å². The Balaban J connectivity index is 1.79. The number of fused-ring (bicyclic) bond motifs is 1. The lowest BCUT2D eigenvalue weighted by Gasteiger charge is -2.28. The fourth-order valence-electron chi connectivity index (χ4n) is 3.82. The maximum atomic E-state index is 12.8. The molecule has 1 aromatic rings. The lowest BCUT2D eigenvalue weighted by molar-refractivity contribution is -0.120. The topological polar surface area (TPSA) is 46.3 Å². The van der Waals surface area contributed by atoms with E-state index in [-0.39, 0.29) is 6.04 Å². The van der Waals surface area contributed by atoms with E-state index in [9.17, 15) is 4.79 Å². The van der Waals surface area contributed by atoms with Crippen LogP contribution in [-0.4, -0.2) is 11.9 Å². The molecule has 2 aliphatic carbocycles. The minimum absolute atomic E-state index is 0.201. The van der Waals surface area contributed by atoms with Crippen molar-refractivity contribution in [1.29, 1.82) is 0 Å². The van der Waals surface area contributed by atoms with Gasteiger partial charge in [0.05, 0.1) is 0 Å². The number of carbonyl (C=O) groups excluding carboxylic acids is 1. The first-order valence-corrected chi connectivity index (χ1v) is 7.75. The second-order valence-electron chi connectivity index (χ2n) is 6.46. The van der Waals surface area contributed by atoms with Crippen molar-refractivity contribution in [3.05, 3.63) is 29.8 Å². The summed E-state index contributed by atoms with van der Waals surface area (Å²) >= 11 is 0. The van der Waals surface area contributed by atoms with E-state index in [2.05, 4.69) is 13.8 Å². The summed E-state index contributed by atoms with van der Waals surface area (Å²) < 4.78 is 0. The summed E-state index contributed by atoms with van der Waals surface area (Å²) in [6.07, 6.45) is 3.81. The fraction of sp³-hybridized carbons (Fsp3) is 0.588. The van der Waals surface area contributed by atoms with E-state index in [1.54, 1.807) is 0 Å². The third-order valence-corrected chi connectivity index (χ3v) is 4.90. The van der Waals surface area contributed by atoms with Crippen molar-refractivity contribution in [2.24, 2.45) is 23.5 Å². The lowest BCUT2D eigenvalue weighted by atomic mass is 10.1. The van der Waals surface area contributed by atoms with Gasteiger partial charge in [0.25, 0.3) is 0 Å². The third kappa shape index (κ3) is 2.24. The van der Waals surface area contributed by atoms with Gasteiger partial charge in [0.2, 0.25) is 5.91 Å². The fourth-order valence-corrected chi connectivity index (χ4v) is 3.82. The lowest BCUT2D eigenvalue weighted by Crippen LogP contribution is -2.39. The molecule has 1 aromatic carbocycles. The summed E-state index contributed by atoms with van der Waals surface area (Å²) in [5.74, 6) is 1.97. The number of carbonyl (C=O) groups is 1. The molecule has 3 heteroatoms. The summed E-state index contributed by atoms with van der Waals surface area (Å²) in [5, 5.41) is 0. The minimum atomic E-state index is 0.201. The Labute approximate surface area is 121 Å². The molecule has 2 N–H and O–H groups in total. The van der Waals surface area contributed by atoms with E-state index in [0.717, 1.165) is 11.3 Å². The molecule has 2 unspecified atom stereocenters. The standard InChI is InChI=1S/C17H24N2O/c1-11(2)19(13-8-6-12(10-18)7-9-13)17(20)16-14-4-3-5-15(14)16/h6-9,11,14-16H,3-5,10,18H2,1-2H3. The number of hydrogen-bond acceptors (Lipinski definition) is 2. The molecular formula is C17H24N2O. The van der Waals surface area contributed by atoms with Gasteiger partial charge in [-0.2, -0.15) is 0 Å². The van der Waals surface area contributed by atoms with Crippen LogP contribution in [0.15, 0.2) is 24.3 Å². The summed E-state index contributed by atoms with van der Waals surface area (Å²) in [4.78, 5) is 14.8. The van der Waals surface area contributed by atoms with Crippen LogP contribution in [0.3, 0.4) is 0 Å². The Morgan fingerprint density at radius 3 is 2.35 bits per heavy atom. The number of anilines is 1. The van der Waals surface area contributed by atoms with Crippen molar-refractivity contribution < 1.29 is 4.79 Å². The molecule has 0 bridgehead atoms. The number of hydrogen-bond donors (Lipinski definition) is 1. The van der Waals surface area contributed by atoms with Crippen LogP contribution in [0.5, 0.6) is 0 Å². The van der Waals surface area contributed by atoms with Gasteiger partial charge in [0, 0.05) is 24.2 Å². The van der Waals surface area contributed by atoms with Crippen molar-refractivity contribution in [3.63, 3.8) is 0 Å². The summed E-state index contributed by atoms with van der Waals surface area (Å²) in [6, 6.07) is 8.29. The molecular weight excluding hydrogens is 248 g/mol. The highest BCUT2D eigenvalue weighted by Gasteiger charge is 2.57. The first kappa shape index (κ1) is 13.6. The summed E-state index contributed by atoms with van der Waals surface area (Å²) in [6.45, 7) is 4.72. The Hall–Kier alpha value is -1.35. The largest absolute Gasteiger partial charge is 0.326 e. The molecule has 0 aromatic heterocycles. The van der Waals surface area contributed by atoms with Crippen LogP contribution < -0.4 is 10.6 Å². The van der Waals surface area contributed by atoms with Gasteiger partial charge in [0.15, 0.2) is 0 Å². The molecule has 3 rings (SSSR count). The van der Waals surface area contributed by atoms with Crippen LogP contribution in [0, 0.1) is 17.8 Å². The molecule has 20 heavy (non-hydrogen) atoms. The Morgan fingerprint density at radius 1 is 1.25 bits per heavy atom. The molecule has 0 heterocycles. The van der Waals surface area contributed by atoms with Crippen LogP contribution in [0.25, 0.3) is 0 Å². The SMILES string of the molecule is CC(C)N(C(=O)C1C2CCCC21)c1ccc(CN)cc1. The Morgan fingerprint density at radius 2 is 1.85 bits per heavy atom. The second-order valence-corrected chi connectivity index (χ2v) is 6.46. The second kappa shape index (κ2) is 5.21. The zero-order chi connectivity index (χ0) is 14.3. The number of nitrogens with zero attached hydrogens (tertiary/aromatic N) is 1. The molecule has 2 fully saturated rings. The average molecular weight is 272 g/mol. The van der Waals surface area contributed by atoms with Gasteiger partial charge in [-0.25, -0.2) is 0 Å². The first-order valence-electron chi connectivity index (χ1n) is 7.75. The van der Waals surface area contributed by atoms with Gasteiger partial charge in [-0.3, -0.25) is 4.79 Å². The minimum Gasteiger partial charge on any atom is -0.326 e.